The molecule has 0 aliphatic carbocycles. The first-order valence-corrected chi connectivity index (χ1v) is 8.57. The second-order valence-electron chi connectivity index (χ2n) is 6.47. The van der Waals surface area contributed by atoms with Crippen molar-refractivity contribution in [1.82, 2.24) is 9.97 Å². The van der Waals surface area contributed by atoms with Crippen LogP contribution < -0.4 is 27.8 Å². The van der Waals surface area contributed by atoms with Crippen LogP contribution in [0.5, 0.6) is 0 Å². The van der Waals surface area contributed by atoms with Gasteiger partial charge < -0.3 is 27.8 Å². The fourth-order valence-electron chi connectivity index (χ4n) is 2.54. The first-order chi connectivity index (χ1) is 13.2. The number of aromatic nitrogens is 2. The van der Waals surface area contributed by atoms with Gasteiger partial charge in [-0.05, 0) is 37.6 Å². The summed E-state index contributed by atoms with van der Waals surface area (Å²) in [4.78, 5) is 42.4. The van der Waals surface area contributed by atoms with Gasteiger partial charge in [0, 0.05) is 23.2 Å². The van der Waals surface area contributed by atoms with Crippen LogP contribution in [0, 0.1) is 5.92 Å². The normalized spacial score (nSPS) is 12.6. The van der Waals surface area contributed by atoms with E-state index in [4.69, 9.17) is 17.2 Å². The van der Waals surface area contributed by atoms with E-state index in [9.17, 15) is 14.4 Å². The predicted octanol–water partition coefficient (Wildman–Crippen LogP) is 0.730. The average Bonchev–Trinajstić information content (AvgIpc) is 2.61. The SMILES string of the molecule is CC(CC(C)C(N)=O)Nc1cnc(C(N)=O)c(Nc2ccc(C(N)=O)cc2)n1. The Morgan fingerprint density at radius 1 is 1.04 bits per heavy atom. The molecule has 148 valence electrons. The van der Waals surface area contributed by atoms with Crippen LogP contribution in [0.1, 0.15) is 41.1 Å². The van der Waals surface area contributed by atoms with Crippen molar-refractivity contribution in [1.29, 1.82) is 0 Å². The van der Waals surface area contributed by atoms with Gasteiger partial charge in [-0.2, -0.15) is 0 Å². The molecule has 1 aromatic carbocycles. The molecule has 0 aliphatic rings. The number of hydrogen-bond donors (Lipinski definition) is 5. The van der Waals surface area contributed by atoms with Gasteiger partial charge in [-0.25, -0.2) is 9.97 Å². The van der Waals surface area contributed by atoms with Crippen molar-refractivity contribution in [2.24, 2.45) is 23.1 Å². The number of nitrogens with two attached hydrogens (primary N) is 3. The highest BCUT2D eigenvalue weighted by atomic mass is 16.2. The summed E-state index contributed by atoms with van der Waals surface area (Å²) in [5.74, 6) is -1.43. The van der Waals surface area contributed by atoms with E-state index >= 15 is 0 Å². The van der Waals surface area contributed by atoms with Crippen LogP contribution >= 0.6 is 0 Å². The molecule has 10 nitrogen and oxygen atoms in total. The maximum atomic E-state index is 11.7. The van der Waals surface area contributed by atoms with Crippen molar-refractivity contribution < 1.29 is 14.4 Å². The number of anilines is 3. The van der Waals surface area contributed by atoms with E-state index in [2.05, 4.69) is 20.6 Å². The third-order valence-electron chi connectivity index (χ3n) is 4.03. The number of nitrogens with one attached hydrogen (secondary N) is 2. The van der Waals surface area contributed by atoms with E-state index in [1.807, 2.05) is 6.92 Å². The summed E-state index contributed by atoms with van der Waals surface area (Å²) in [6, 6.07) is 6.20. The van der Waals surface area contributed by atoms with Gasteiger partial charge in [0.15, 0.2) is 11.5 Å². The number of benzene rings is 1. The lowest BCUT2D eigenvalue weighted by molar-refractivity contribution is -0.121. The minimum Gasteiger partial charge on any atom is -0.369 e. The van der Waals surface area contributed by atoms with Gasteiger partial charge in [0.05, 0.1) is 6.20 Å². The molecule has 0 fully saturated rings. The highest BCUT2D eigenvalue weighted by Crippen LogP contribution is 2.20. The molecule has 3 amide bonds. The van der Waals surface area contributed by atoms with Crippen molar-refractivity contribution in [3.8, 4) is 0 Å². The Morgan fingerprint density at radius 2 is 1.68 bits per heavy atom. The van der Waals surface area contributed by atoms with Gasteiger partial charge >= 0.3 is 0 Å². The zero-order valence-electron chi connectivity index (χ0n) is 15.6. The average molecular weight is 385 g/mol. The Labute approximate surface area is 161 Å². The molecule has 0 saturated carbocycles. The van der Waals surface area contributed by atoms with Crippen LogP contribution in [-0.2, 0) is 4.79 Å². The summed E-state index contributed by atoms with van der Waals surface area (Å²) in [5, 5.41) is 6.06. The zero-order chi connectivity index (χ0) is 20.8. The van der Waals surface area contributed by atoms with Crippen LogP contribution in [0.3, 0.4) is 0 Å². The lowest BCUT2D eigenvalue weighted by Gasteiger charge is -2.18. The summed E-state index contributed by atoms with van der Waals surface area (Å²) in [6.45, 7) is 3.61. The summed E-state index contributed by atoms with van der Waals surface area (Å²) >= 11 is 0. The summed E-state index contributed by atoms with van der Waals surface area (Å²) < 4.78 is 0. The number of carbonyl (C=O) groups is 3. The molecule has 8 N–H and O–H groups in total. The quantitative estimate of drug-likeness (QED) is 0.422. The van der Waals surface area contributed by atoms with E-state index in [0.717, 1.165) is 0 Å². The Hall–Kier alpha value is -3.69. The number of carbonyl (C=O) groups excluding carboxylic acids is 3. The Balaban J connectivity index is 2.21. The molecule has 0 bridgehead atoms. The van der Waals surface area contributed by atoms with Crippen molar-refractivity contribution >= 4 is 35.0 Å². The lowest BCUT2D eigenvalue weighted by Crippen LogP contribution is -2.27. The second kappa shape index (κ2) is 8.80. The van der Waals surface area contributed by atoms with E-state index in [1.54, 1.807) is 19.1 Å². The van der Waals surface area contributed by atoms with Crippen LogP contribution in [-0.4, -0.2) is 33.7 Å². The van der Waals surface area contributed by atoms with Crippen molar-refractivity contribution in [2.75, 3.05) is 10.6 Å². The molecule has 0 saturated heterocycles. The molecule has 2 atom stereocenters. The molecule has 2 unspecified atom stereocenters. The number of rotatable bonds is 9. The van der Waals surface area contributed by atoms with Crippen LogP contribution in [0.2, 0.25) is 0 Å². The van der Waals surface area contributed by atoms with Crippen molar-refractivity contribution in [3.05, 3.63) is 41.7 Å². The molecule has 2 rings (SSSR count). The maximum absolute atomic E-state index is 11.7. The van der Waals surface area contributed by atoms with Crippen LogP contribution in [0.15, 0.2) is 30.5 Å². The highest BCUT2D eigenvalue weighted by molar-refractivity contribution is 5.96. The molecule has 0 radical (unpaired) electrons. The molecular weight excluding hydrogens is 362 g/mol. The number of amides is 3. The first kappa shape index (κ1) is 20.6. The number of primary amides is 3. The van der Waals surface area contributed by atoms with Gasteiger partial charge in [0.25, 0.3) is 5.91 Å². The number of hydrogen-bond acceptors (Lipinski definition) is 7. The first-order valence-electron chi connectivity index (χ1n) is 8.57. The van der Waals surface area contributed by atoms with E-state index in [0.29, 0.717) is 23.5 Å². The van der Waals surface area contributed by atoms with Gasteiger partial charge in [0.2, 0.25) is 11.8 Å². The molecule has 28 heavy (non-hydrogen) atoms. The van der Waals surface area contributed by atoms with Gasteiger partial charge in [-0.1, -0.05) is 6.92 Å². The van der Waals surface area contributed by atoms with Crippen molar-refractivity contribution in [3.63, 3.8) is 0 Å². The summed E-state index contributed by atoms with van der Waals surface area (Å²) in [5.41, 5.74) is 16.7. The largest absolute Gasteiger partial charge is 0.369 e. The molecule has 10 heteroatoms. The molecule has 0 spiro atoms. The van der Waals surface area contributed by atoms with E-state index < -0.39 is 11.8 Å². The molecule has 1 heterocycles. The summed E-state index contributed by atoms with van der Waals surface area (Å²) in [7, 11) is 0. The topological polar surface area (TPSA) is 179 Å². The fourth-order valence-corrected chi connectivity index (χ4v) is 2.54. The third kappa shape index (κ3) is 5.40. The monoisotopic (exact) mass is 385 g/mol. The Morgan fingerprint density at radius 3 is 2.21 bits per heavy atom. The minimum absolute atomic E-state index is 0.0392. The molecular formula is C18H23N7O3. The maximum Gasteiger partial charge on any atom is 0.271 e. The Kier molecular flexibility index (Phi) is 6.48. The minimum atomic E-state index is -0.745. The molecule has 2 aromatic rings. The predicted molar refractivity (Wildman–Crippen MR) is 105 cm³/mol. The highest BCUT2D eigenvalue weighted by Gasteiger charge is 2.17. The molecule has 0 aliphatic heterocycles. The smallest absolute Gasteiger partial charge is 0.271 e. The van der Waals surface area contributed by atoms with Crippen LogP contribution in [0.4, 0.5) is 17.3 Å². The standard InChI is InChI=1S/C18H23N7O3/c1-9(15(19)26)7-10(2)23-13-8-22-14(17(21)28)18(25-13)24-12-5-3-11(4-6-12)16(20)27/h3-6,8-10H,7H2,1-2H3,(H2,19,26)(H2,20,27)(H2,21,28)(H2,23,24,25). The lowest BCUT2D eigenvalue weighted by atomic mass is 10.0. The number of nitrogens with zero attached hydrogens (tertiary/aromatic N) is 2. The van der Waals surface area contributed by atoms with Crippen molar-refractivity contribution in [2.45, 2.75) is 26.3 Å². The van der Waals surface area contributed by atoms with Gasteiger partial charge in [-0.15, -0.1) is 0 Å². The van der Waals surface area contributed by atoms with Gasteiger partial charge in [0.1, 0.15) is 5.82 Å². The van der Waals surface area contributed by atoms with Crippen LogP contribution in [0.25, 0.3) is 0 Å². The third-order valence-corrected chi connectivity index (χ3v) is 4.03. The van der Waals surface area contributed by atoms with Gasteiger partial charge in [-0.3, -0.25) is 14.4 Å². The zero-order valence-corrected chi connectivity index (χ0v) is 15.6. The summed E-state index contributed by atoms with van der Waals surface area (Å²) in [6.07, 6.45) is 1.89. The second-order valence-corrected chi connectivity index (χ2v) is 6.47. The molecule has 1 aromatic heterocycles. The van der Waals surface area contributed by atoms with E-state index in [-0.39, 0.29) is 29.4 Å². The fraction of sp³-hybridized carbons (Fsp3) is 0.278. The van der Waals surface area contributed by atoms with E-state index in [1.165, 1.54) is 18.3 Å². The Bertz CT molecular complexity index is 883.